The van der Waals surface area contributed by atoms with Crippen molar-refractivity contribution in [1.82, 2.24) is 9.80 Å². The first-order valence-electron chi connectivity index (χ1n) is 10.9. The van der Waals surface area contributed by atoms with Gasteiger partial charge in [0.1, 0.15) is 10.7 Å². The second-order valence-corrected chi connectivity index (χ2v) is 10.4. The Kier molecular flexibility index (Phi) is 6.90. The zero-order valence-corrected chi connectivity index (χ0v) is 19.5. The summed E-state index contributed by atoms with van der Waals surface area (Å²) in [6.45, 7) is 2.49. The molecular weight excluding hydrogens is 469 g/mol. The third-order valence-corrected chi connectivity index (χ3v) is 7.98. The van der Waals surface area contributed by atoms with Crippen molar-refractivity contribution in [3.8, 4) is 0 Å². The normalized spacial score (nSPS) is 17.3. The van der Waals surface area contributed by atoms with Gasteiger partial charge in [0.15, 0.2) is 0 Å². The van der Waals surface area contributed by atoms with E-state index in [1.165, 1.54) is 30.3 Å². The first-order chi connectivity index (χ1) is 15.7. The topological polar surface area (TPSA) is 86.8 Å². The van der Waals surface area contributed by atoms with E-state index in [0.29, 0.717) is 25.9 Å². The quantitative estimate of drug-likeness (QED) is 0.687. The number of carbonyl (C=O) groups excluding carboxylic acids is 2. The summed E-state index contributed by atoms with van der Waals surface area (Å²) in [7, 11) is -4.10. The largest absolute Gasteiger partial charge is 0.342 e. The Morgan fingerprint density at radius 2 is 1.58 bits per heavy atom. The first-order valence-corrected chi connectivity index (χ1v) is 12.8. The number of likely N-dealkylation sites (tertiary alicyclic amines) is 2. The summed E-state index contributed by atoms with van der Waals surface area (Å²) in [5, 5.41) is -0.0314. The molecule has 2 aliphatic rings. The summed E-state index contributed by atoms with van der Waals surface area (Å²) in [4.78, 5) is 29.0. The lowest BCUT2D eigenvalue weighted by molar-refractivity contribution is -0.135. The highest BCUT2D eigenvalue weighted by Crippen LogP contribution is 2.27. The molecule has 2 fully saturated rings. The molecule has 2 aliphatic heterocycles. The minimum absolute atomic E-state index is 0.0314. The number of rotatable bonds is 5. The fourth-order valence-electron chi connectivity index (χ4n) is 4.28. The van der Waals surface area contributed by atoms with E-state index in [2.05, 4.69) is 4.72 Å². The van der Waals surface area contributed by atoms with Gasteiger partial charge in [-0.1, -0.05) is 11.6 Å². The molecular formula is C23H25ClFN3O4S. The predicted octanol–water partition coefficient (Wildman–Crippen LogP) is 3.75. The smallest absolute Gasteiger partial charge is 0.263 e. The number of nitrogens with one attached hydrogen (secondary N) is 1. The van der Waals surface area contributed by atoms with E-state index < -0.39 is 15.8 Å². The minimum Gasteiger partial charge on any atom is -0.342 e. The van der Waals surface area contributed by atoms with Crippen LogP contribution in [0.15, 0.2) is 47.4 Å². The Morgan fingerprint density at radius 1 is 0.939 bits per heavy atom. The van der Waals surface area contributed by atoms with E-state index in [1.807, 2.05) is 4.90 Å². The maximum atomic E-state index is 13.1. The van der Waals surface area contributed by atoms with Crippen LogP contribution in [0.5, 0.6) is 0 Å². The zero-order chi connectivity index (χ0) is 23.6. The molecule has 2 amide bonds. The van der Waals surface area contributed by atoms with E-state index >= 15 is 0 Å². The lowest BCUT2D eigenvalue weighted by Gasteiger charge is -2.33. The van der Waals surface area contributed by atoms with Crippen LogP contribution in [0.2, 0.25) is 5.02 Å². The second-order valence-electron chi connectivity index (χ2n) is 8.36. The van der Waals surface area contributed by atoms with Gasteiger partial charge in [-0.05, 0) is 68.1 Å². The predicted molar refractivity (Wildman–Crippen MR) is 123 cm³/mol. The van der Waals surface area contributed by atoms with Crippen molar-refractivity contribution in [2.75, 3.05) is 30.9 Å². The number of sulfonamides is 1. The molecule has 0 unspecified atom stereocenters. The number of hydrogen-bond acceptors (Lipinski definition) is 4. The summed E-state index contributed by atoms with van der Waals surface area (Å²) in [5.41, 5.74) is 0.372. The molecule has 0 saturated carbocycles. The highest BCUT2D eigenvalue weighted by molar-refractivity contribution is 7.92. The van der Waals surface area contributed by atoms with E-state index in [-0.39, 0.29) is 38.9 Å². The zero-order valence-electron chi connectivity index (χ0n) is 18.0. The van der Waals surface area contributed by atoms with Crippen LogP contribution in [0.3, 0.4) is 0 Å². The minimum atomic E-state index is -4.10. The fourth-order valence-corrected chi connectivity index (χ4v) is 5.86. The van der Waals surface area contributed by atoms with Gasteiger partial charge in [-0.3, -0.25) is 14.3 Å². The molecule has 0 atom stereocenters. The number of hydrogen-bond donors (Lipinski definition) is 1. The third-order valence-electron chi connectivity index (χ3n) is 6.11. The number of piperidine rings is 1. The summed E-state index contributed by atoms with van der Waals surface area (Å²) < 4.78 is 41.1. The second kappa shape index (κ2) is 9.69. The van der Waals surface area contributed by atoms with Crippen molar-refractivity contribution in [2.24, 2.45) is 5.92 Å². The summed E-state index contributed by atoms with van der Waals surface area (Å²) >= 11 is 6.13. The van der Waals surface area contributed by atoms with Crippen LogP contribution < -0.4 is 4.72 Å². The Hall–Kier alpha value is -2.65. The van der Waals surface area contributed by atoms with Crippen LogP contribution >= 0.6 is 11.6 Å². The molecule has 7 nitrogen and oxygen atoms in total. The average Bonchev–Trinajstić information content (AvgIpc) is 3.35. The van der Waals surface area contributed by atoms with Crippen LogP contribution in [-0.2, 0) is 14.8 Å². The van der Waals surface area contributed by atoms with E-state index in [0.717, 1.165) is 38.1 Å². The number of benzene rings is 2. The molecule has 2 saturated heterocycles. The van der Waals surface area contributed by atoms with Crippen LogP contribution in [0.25, 0.3) is 0 Å². The van der Waals surface area contributed by atoms with Crippen LogP contribution in [0, 0.1) is 11.7 Å². The first kappa shape index (κ1) is 23.5. The van der Waals surface area contributed by atoms with Gasteiger partial charge in [0.2, 0.25) is 5.91 Å². The molecule has 1 N–H and O–H groups in total. The third kappa shape index (κ3) is 5.30. The van der Waals surface area contributed by atoms with E-state index in [1.54, 1.807) is 4.90 Å². The molecule has 2 heterocycles. The van der Waals surface area contributed by atoms with Crippen molar-refractivity contribution in [1.29, 1.82) is 0 Å². The van der Waals surface area contributed by atoms with E-state index in [4.69, 9.17) is 11.6 Å². The molecule has 4 rings (SSSR count). The fraction of sp³-hybridized carbons (Fsp3) is 0.391. The molecule has 2 aromatic rings. The monoisotopic (exact) mass is 493 g/mol. The van der Waals surface area contributed by atoms with Gasteiger partial charge in [-0.2, -0.15) is 0 Å². The van der Waals surface area contributed by atoms with E-state index in [9.17, 15) is 22.4 Å². The molecule has 0 bridgehead atoms. The van der Waals surface area contributed by atoms with Gasteiger partial charge in [-0.25, -0.2) is 12.8 Å². The summed E-state index contributed by atoms with van der Waals surface area (Å²) in [6.07, 6.45) is 3.26. The molecule has 176 valence electrons. The van der Waals surface area contributed by atoms with Gasteiger partial charge in [-0.15, -0.1) is 0 Å². The molecule has 33 heavy (non-hydrogen) atoms. The maximum absolute atomic E-state index is 13.1. The van der Waals surface area contributed by atoms with Crippen LogP contribution in [0.1, 0.15) is 36.0 Å². The lowest BCUT2D eigenvalue weighted by atomic mass is 9.95. The van der Waals surface area contributed by atoms with Gasteiger partial charge < -0.3 is 9.80 Å². The summed E-state index contributed by atoms with van der Waals surface area (Å²) in [6, 6.07) is 8.97. The number of anilines is 1. The van der Waals surface area contributed by atoms with Crippen molar-refractivity contribution in [3.05, 3.63) is 58.9 Å². The number of carbonyl (C=O) groups is 2. The van der Waals surface area contributed by atoms with Crippen molar-refractivity contribution < 1.29 is 22.4 Å². The van der Waals surface area contributed by atoms with Crippen LogP contribution in [-0.4, -0.2) is 56.2 Å². The molecule has 0 aromatic heterocycles. The summed E-state index contributed by atoms with van der Waals surface area (Å²) in [5.74, 6) is -0.703. The van der Waals surface area contributed by atoms with Gasteiger partial charge in [0.05, 0.1) is 5.02 Å². The number of amides is 2. The lowest BCUT2D eigenvalue weighted by Crippen LogP contribution is -2.43. The average molecular weight is 494 g/mol. The Morgan fingerprint density at radius 3 is 2.21 bits per heavy atom. The van der Waals surface area contributed by atoms with Crippen LogP contribution in [0.4, 0.5) is 10.1 Å². The Balaban J connectivity index is 1.45. The van der Waals surface area contributed by atoms with Crippen molar-refractivity contribution >= 4 is 39.1 Å². The van der Waals surface area contributed by atoms with Gasteiger partial charge >= 0.3 is 0 Å². The maximum Gasteiger partial charge on any atom is 0.263 e. The van der Waals surface area contributed by atoms with Gasteiger partial charge in [0, 0.05) is 43.3 Å². The highest BCUT2D eigenvalue weighted by atomic mass is 35.5. The van der Waals surface area contributed by atoms with Crippen molar-refractivity contribution in [2.45, 2.75) is 30.6 Å². The molecule has 0 aliphatic carbocycles. The SMILES string of the molecule is O=C(c1ccc(Cl)c(S(=O)(=O)Nc2ccc(F)cc2)c1)N1CCC(C(=O)N2CCCC2)CC1. The van der Waals surface area contributed by atoms with Gasteiger partial charge in [0.25, 0.3) is 15.9 Å². The standard InChI is InChI=1S/C23H25ClFN3O4S/c24-20-8-3-17(15-21(20)33(31,32)26-19-6-4-18(25)5-7-19)23(30)28-13-9-16(10-14-28)22(29)27-11-1-2-12-27/h3-8,15-16,26H,1-2,9-14H2. The Labute approximate surface area is 197 Å². The molecule has 10 heteroatoms. The molecule has 2 aromatic carbocycles. The molecule has 0 radical (unpaired) electrons. The highest BCUT2D eigenvalue weighted by Gasteiger charge is 2.32. The Bertz CT molecular complexity index is 1140. The molecule has 0 spiro atoms. The van der Waals surface area contributed by atoms with Crippen molar-refractivity contribution in [3.63, 3.8) is 0 Å². The number of nitrogens with zero attached hydrogens (tertiary/aromatic N) is 2. The number of halogens is 2.